The van der Waals surface area contributed by atoms with Crippen LogP contribution in [0.5, 0.6) is 0 Å². The molecule has 0 aliphatic heterocycles. The number of carbonyl (C=O) groups is 2. The fourth-order valence-electron chi connectivity index (χ4n) is 3.60. The topological polar surface area (TPSA) is 117 Å². The molecule has 11 heteroatoms. The van der Waals surface area contributed by atoms with Crippen LogP contribution in [-0.4, -0.2) is 111 Å². The molecule has 0 aromatic rings. The molecule has 0 N–H and O–H groups in total. The maximum absolute atomic E-state index is 12.5. The van der Waals surface area contributed by atoms with Crippen molar-refractivity contribution in [2.75, 3.05) is 99.3 Å². The number of rotatable bonds is 33. The van der Waals surface area contributed by atoms with E-state index in [0.717, 1.165) is 0 Å². The fourth-order valence-corrected chi connectivity index (χ4v) is 3.60. The van der Waals surface area contributed by atoms with Crippen molar-refractivity contribution in [2.45, 2.75) is 12.8 Å². The van der Waals surface area contributed by atoms with Crippen LogP contribution in [0, 0.1) is 10.8 Å². The van der Waals surface area contributed by atoms with Crippen molar-refractivity contribution in [3.8, 4) is 0 Å². The number of esters is 2. The second kappa shape index (κ2) is 27.6. The average molecular weight is 625 g/mol. The van der Waals surface area contributed by atoms with Crippen molar-refractivity contribution >= 4 is 11.9 Å². The highest BCUT2D eigenvalue weighted by Gasteiger charge is 2.34. The van der Waals surface area contributed by atoms with E-state index in [0.29, 0.717) is 39.6 Å². The van der Waals surface area contributed by atoms with Crippen molar-refractivity contribution in [3.05, 3.63) is 75.9 Å². The maximum atomic E-state index is 12.5. The molecule has 0 atom stereocenters. The molecule has 250 valence electrons. The Balaban J connectivity index is 4.96. The van der Waals surface area contributed by atoms with E-state index in [9.17, 15) is 9.59 Å². The number of hydrogen-bond acceptors (Lipinski definition) is 11. The van der Waals surface area contributed by atoms with Crippen LogP contribution in [0.3, 0.4) is 0 Å². The third-order valence-electron chi connectivity index (χ3n) is 5.65. The first-order valence-electron chi connectivity index (χ1n) is 14.4. The molecule has 0 bridgehead atoms. The first-order valence-corrected chi connectivity index (χ1v) is 14.4. The summed E-state index contributed by atoms with van der Waals surface area (Å²) in [5.41, 5.74) is -1.47. The Morgan fingerprint density at radius 1 is 0.409 bits per heavy atom. The van der Waals surface area contributed by atoms with Gasteiger partial charge in [0.2, 0.25) is 0 Å². The van der Waals surface area contributed by atoms with Crippen LogP contribution >= 0.6 is 0 Å². The predicted octanol–water partition coefficient (Wildman–Crippen LogP) is 4.02. The Hall–Kier alpha value is -2.90. The first-order chi connectivity index (χ1) is 21.4. The Morgan fingerprint density at radius 3 is 1.00 bits per heavy atom. The van der Waals surface area contributed by atoms with Crippen molar-refractivity contribution in [1.82, 2.24) is 0 Å². The van der Waals surface area contributed by atoms with Crippen LogP contribution in [0.2, 0.25) is 0 Å². The maximum Gasteiger partial charge on any atom is 0.308 e. The molecule has 0 rings (SSSR count). The van der Waals surface area contributed by atoms with Gasteiger partial charge in [-0.25, -0.2) is 0 Å². The van der Waals surface area contributed by atoms with Crippen molar-refractivity contribution in [1.29, 1.82) is 0 Å². The largest absolute Gasteiger partial charge is 0.465 e. The lowest BCUT2D eigenvalue weighted by Crippen LogP contribution is -2.42. The molecular formula is C33H52O11. The van der Waals surface area contributed by atoms with E-state index < -0.39 is 22.8 Å². The smallest absolute Gasteiger partial charge is 0.308 e. The minimum Gasteiger partial charge on any atom is -0.465 e. The van der Waals surface area contributed by atoms with Crippen LogP contribution in [0.4, 0.5) is 0 Å². The lowest BCUT2D eigenvalue weighted by Gasteiger charge is -2.32. The molecule has 0 saturated heterocycles. The van der Waals surface area contributed by atoms with Gasteiger partial charge in [-0.1, -0.05) is 36.5 Å². The van der Waals surface area contributed by atoms with E-state index in [-0.39, 0.29) is 72.5 Å². The third kappa shape index (κ3) is 20.9. The van der Waals surface area contributed by atoms with Crippen LogP contribution in [0.25, 0.3) is 0 Å². The Kier molecular flexibility index (Phi) is 25.8. The monoisotopic (exact) mass is 624 g/mol. The van der Waals surface area contributed by atoms with Crippen molar-refractivity contribution in [2.24, 2.45) is 10.8 Å². The number of carbonyl (C=O) groups excluding carboxylic acids is 2. The molecule has 0 aromatic heterocycles. The van der Waals surface area contributed by atoms with Crippen LogP contribution in [-0.2, 0) is 52.2 Å². The predicted molar refractivity (Wildman–Crippen MR) is 168 cm³/mol. The summed E-state index contributed by atoms with van der Waals surface area (Å²) in [6.45, 7) is 24.9. The van der Waals surface area contributed by atoms with E-state index in [1.54, 1.807) is 36.5 Å². The van der Waals surface area contributed by atoms with E-state index in [1.165, 1.54) is 0 Å². The van der Waals surface area contributed by atoms with Gasteiger partial charge in [0.05, 0.1) is 110 Å². The molecule has 44 heavy (non-hydrogen) atoms. The van der Waals surface area contributed by atoms with Crippen LogP contribution < -0.4 is 0 Å². The Labute approximate surface area is 263 Å². The fraction of sp³-hybridized carbons (Fsp3) is 0.576. The summed E-state index contributed by atoms with van der Waals surface area (Å²) >= 11 is 0. The SMILES string of the molecule is C=CCOCC(COCC=C)(COCC=C)COCOC(=O)CCC(=O)OCC(COCC=C)(COCC=C)COCC=C. The van der Waals surface area contributed by atoms with Gasteiger partial charge in [0.15, 0.2) is 6.79 Å². The molecule has 0 heterocycles. The molecule has 0 aliphatic carbocycles. The van der Waals surface area contributed by atoms with Gasteiger partial charge >= 0.3 is 11.9 Å². The molecule has 11 nitrogen and oxygen atoms in total. The third-order valence-corrected chi connectivity index (χ3v) is 5.65. The van der Waals surface area contributed by atoms with Gasteiger partial charge in [0.1, 0.15) is 6.61 Å². The van der Waals surface area contributed by atoms with E-state index >= 15 is 0 Å². The normalized spacial score (nSPS) is 11.4. The van der Waals surface area contributed by atoms with Crippen molar-refractivity contribution in [3.63, 3.8) is 0 Å². The zero-order valence-corrected chi connectivity index (χ0v) is 26.2. The first kappa shape index (κ1) is 41.1. The van der Waals surface area contributed by atoms with Gasteiger partial charge in [0.25, 0.3) is 0 Å². The molecule has 0 saturated carbocycles. The molecule has 0 radical (unpaired) electrons. The average Bonchev–Trinajstić information content (AvgIpc) is 3.02. The minimum atomic E-state index is -0.786. The molecular weight excluding hydrogens is 572 g/mol. The highest BCUT2D eigenvalue weighted by molar-refractivity contribution is 5.77. The van der Waals surface area contributed by atoms with Gasteiger partial charge in [-0.3, -0.25) is 9.59 Å². The molecule has 0 aliphatic rings. The number of hydrogen-bond donors (Lipinski definition) is 0. The Bertz CT molecular complexity index is 768. The summed E-state index contributed by atoms with van der Waals surface area (Å²) in [5.74, 6) is -1.20. The van der Waals surface area contributed by atoms with Gasteiger partial charge in [0, 0.05) is 0 Å². The summed E-state index contributed by atoms with van der Waals surface area (Å²) in [6.07, 6.45) is 9.38. The quantitative estimate of drug-likeness (QED) is 0.0456. The van der Waals surface area contributed by atoms with Gasteiger partial charge < -0.3 is 42.6 Å². The standard InChI is InChI=1S/C33H52O11/c1-7-15-36-21-32(22-37-16-8-2,23-38-17-9-3)27-42-29-44-31(35)14-13-30(34)43-28-33(24-39-18-10-4,25-40-19-11-5)26-41-20-12-6/h7-12H,1-6,13-29H2. The number of ether oxygens (including phenoxy) is 9. The minimum absolute atomic E-state index is 0.0483. The second-order valence-electron chi connectivity index (χ2n) is 9.97. The summed E-state index contributed by atoms with van der Waals surface area (Å²) in [5, 5.41) is 0. The highest BCUT2D eigenvalue weighted by atomic mass is 16.7. The van der Waals surface area contributed by atoms with Gasteiger partial charge in [-0.2, -0.15) is 0 Å². The summed E-state index contributed by atoms with van der Waals surface area (Å²) in [6, 6.07) is 0. The van der Waals surface area contributed by atoms with E-state index in [2.05, 4.69) is 39.5 Å². The van der Waals surface area contributed by atoms with E-state index in [1.807, 2.05) is 0 Å². The zero-order chi connectivity index (χ0) is 32.8. The van der Waals surface area contributed by atoms with Crippen LogP contribution in [0.1, 0.15) is 12.8 Å². The molecule has 0 fully saturated rings. The Morgan fingerprint density at radius 2 is 0.682 bits per heavy atom. The second-order valence-corrected chi connectivity index (χ2v) is 9.97. The highest BCUT2D eigenvalue weighted by Crippen LogP contribution is 2.22. The zero-order valence-electron chi connectivity index (χ0n) is 26.2. The molecule has 0 spiro atoms. The van der Waals surface area contributed by atoms with Gasteiger partial charge in [-0.05, 0) is 0 Å². The van der Waals surface area contributed by atoms with E-state index in [4.69, 9.17) is 42.6 Å². The van der Waals surface area contributed by atoms with Gasteiger partial charge in [-0.15, -0.1) is 39.5 Å². The summed E-state index contributed by atoms with van der Waals surface area (Å²) in [4.78, 5) is 24.8. The lowest BCUT2D eigenvalue weighted by molar-refractivity contribution is -0.168. The van der Waals surface area contributed by atoms with Crippen molar-refractivity contribution < 1.29 is 52.2 Å². The molecule has 0 unspecified atom stereocenters. The summed E-state index contributed by atoms with van der Waals surface area (Å²) < 4.78 is 50.3. The molecule has 0 amide bonds. The molecule has 0 aromatic carbocycles. The lowest BCUT2D eigenvalue weighted by atomic mass is 9.92. The van der Waals surface area contributed by atoms with Crippen LogP contribution in [0.15, 0.2) is 75.9 Å². The summed E-state index contributed by atoms with van der Waals surface area (Å²) in [7, 11) is 0.